The minimum atomic E-state index is -3.33. The summed E-state index contributed by atoms with van der Waals surface area (Å²) in [6.45, 7) is 5.53. The van der Waals surface area contributed by atoms with E-state index in [-0.39, 0.29) is 12.0 Å². The number of carbonyl (C=O) groups is 1. The number of sulfonamides is 1. The Morgan fingerprint density at radius 2 is 1.43 bits per heavy atom. The first-order chi connectivity index (χ1) is 13.1. The van der Waals surface area contributed by atoms with Gasteiger partial charge < -0.3 is 14.8 Å². The number of benzene rings is 2. The van der Waals surface area contributed by atoms with E-state index in [1.165, 1.54) is 11.4 Å². The third-order valence-corrected chi connectivity index (χ3v) is 5.08. The first-order valence-electron chi connectivity index (χ1n) is 8.84. The van der Waals surface area contributed by atoms with Gasteiger partial charge in [-0.3, -0.25) is 9.10 Å². The Labute approximate surface area is 166 Å². The highest BCUT2D eigenvalue weighted by Crippen LogP contribution is 2.22. The Morgan fingerprint density at radius 3 is 1.93 bits per heavy atom. The maximum Gasteiger partial charge on any atom is 0.265 e. The van der Waals surface area contributed by atoms with Crippen LogP contribution < -0.4 is 19.1 Å². The van der Waals surface area contributed by atoms with E-state index in [9.17, 15) is 13.2 Å². The van der Waals surface area contributed by atoms with Crippen molar-refractivity contribution < 1.29 is 22.7 Å². The van der Waals surface area contributed by atoms with Gasteiger partial charge in [0, 0.05) is 12.7 Å². The summed E-state index contributed by atoms with van der Waals surface area (Å²) in [6.07, 6.45) is 0.480. The lowest BCUT2D eigenvalue weighted by Crippen LogP contribution is -2.30. The second-order valence-corrected chi connectivity index (χ2v) is 8.68. The summed E-state index contributed by atoms with van der Waals surface area (Å²) < 4.78 is 35.5. The maximum atomic E-state index is 12.3. The zero-order chi connectivity index (χ0) is 20.9. The molecule has 0 unspecified atom stereocenters. The maximum absolute atomic E-state index is 12.3. The van der Waals surface area contributed by atoms with Crippen LogP contribution in [0.4, 0.5) is 11.4 Å². The Morgan fingerprint density at radius 1 is 0.929 bits per heavy atom. The molecule has 28 heavy (non-hydrogen) atoms. The van der Waals surface area contributed by atoms with Crippen LogP contribution in [-0.2, 0) is 14.8 Å². The average Bonchev–Trinajstić information content (AvgIpc) is 2.62. The number of anilines is 2. The molecule has 8 heteroatoms. The molecule has 2 aromatic carbocycles. The number of nitrogens with one attached hydrogen (secondary N) is 1. The topological polar surface area (TPSA) is 84.9 Å². The molecule has 7 nitrogen and oxygen atoms in total. The summed E-state index contributed by atoms with van der Waals surface area (Å²) >= 11 is 0. The normalized spacial score (nSPS) is 12.4. The number of rotatable bonds is 8. The fourth-order valence-corrected chi connectivity index (χ4v) is 2.82. The Balaban J connectivity index is 1.95. The highest BCUT2D eigenvalue weighted by molar-refractivity contribution is 7.92. The molecule has 1 atom stereocenters. The van der Waals surface area contributed by atoms with Gasteiger partial charge in [-0.05, 0) is 69.3 Å². The molecule has 0 aromatic heterocycles. The second kappa shape index (κ2) is 8.97. The predicted octanol–water partition coefficient (Wildman–Crippen LogP) is 3.28. The van der Waals surface area contributed by atoms with Crippen molar-refractivity contribution in [2.45, 2.75) is 33.0 Å². The van der Waals surface area contributed by atoms with E-state index in [1.54, 1.807) is 55.5 Å². The van der Waals surface area contributed by atoms with Crippen LogP contribution in [0, 0.1) is 0 Å². The number of nitrogens with zero attached hydrogens (tertiary/aromatic N) is 1. The van der Waals surface area contributed by atoms with Gasteiger partial charge >= 0.3 is 0 Å². The van der Waals surface area contributed by atoms with Gasteiger partial charge in [0.1, 0.15) is 11.5 Å². The van der Waals surface area contributed by atoms with Gasteiger partial charge in [-0.25, -0.2) is 8.42 Å². The molecule has 152 valence electrons. The molecule has 1 amide bonds. The zero-order valence-corrected chi connectivity index (χ0v) is 17.5. The first kappa shape index (κ1) is 21.6. The van der Waals surface area contributed by atoms with Crippen molar-refractivity contribution in [3.63, 3.8) is 0 Å². The lowest BCUT2D eigenvalue weighted by atomic mass is 10.2. The minimum Gasteiger partial charge on any atom is -0.491 e. The Kier molecular flexibility index (Phi) is 6.90. The van der Waals surface area contributed by atoms with E-state index in [0.717, 1.165) is 12.0 Å². The molecule has 2 rings (SSSR count). The predicted molar refractivity (Wildman–Crippen MR) is 111 cm³/mol. The van der Waals surface area contributed by atoms with Crippen LogP contribution in [0.25, 0.3) is 0 Å². The van der Waals surface area contributed by atoms with Gasteiger partial charge in [0.15, 0.2) is 6.10 Å². The molecule has 0 aliphatic heterocycles. The van der Waals surface area contributed by atoms with Gasteiger partial charge in [0.05, 0.1) is 18.0 Å². The molecule has 0 bridgehead atoms. The molecule has 0 radical (unpaired) electrons. The SMILES string of the molecule is CC(C)Oc1ccc(NC(=O)[C@@H](C)Oc2ccc(N(C)S(C)(=O)=O)cc2)cc1. The molecule has 0 saturated carbocycles. The Hall–Kier alpha value is -2.74. The molecule has 0 spiro atoms. The fourth-order valence-electron chi connectivity index (χ4n) is 2.32. The molecule has 0 heterocycles. The first-order valence-corrected chi connectivity index (χ1v) is 10.7. The van der Waals surface area contributed by atoms with Crippen LogP contribution in [0.15, 0.2) is 48.5 Å². The minimum absolute atomic E-state index is 0.0810. The van der Waals surface area contributed by atoms with Gasteiger partial charge in [-0.15, -0.1) is 0 Å². The second-order valence-electron chi connectivity index (χ2n) is 6.66. The van der Waals surface area contributed by atoms with E-state index in [4.69, 9.17) is 9.47 Å². The van der Waals surface area contributed by atoms with Crippen molar-refractivity contribution in [2.24, 2.45) is 0 Å². The molecule has 0 saturated heterocycles. The molecule has 2 aromatic rings. The van der Waals surface area contributed by atoms with Crippen molar-refractivity contribution in [3.05, 3.63) is 48.5 Å². The molecular weight excluding hydrogens is 380 g/mol. The molecule has 0 aliphatic carbocycles. The lowest BCUT2D eigenvalue weighted by Gasteiger charge is -2.18. The largest absolute Gasteiger partial charge is 0.491 e. The van der Waals surface area contributed by atoms with Gasteiger partial charge in [-0.2, -0.15) is 0 Å². The highest BCUT2D eigenvalue weighted by Gasteiger charge is 2.16. The Bertz CT molecular complexity index is 893. The third-order valence-electron chi connectivity index (χ3n) is 3.87. The van der Waals surface area contributed by atoms with Crippen LogP contribution in [-0.4, -0.2) is 39.8 Å². The van der Waals surface area contributed by atoms with E-state index < -0.39 is 16.1 Å². The fraction of sp³-hybridized carbons (Fsp3) is 0.350. The van der Waals surface area contributed by atoms with Crippen molar-refractivity contribution >= 4 is 27.3 Å². The summed E-state index contributed by atoms with van der Waals surface area (Å²) in [5.41, 5.74) is 1.15. The quantitative estimate of drug-likeness (QED) is 0.727. The van der Waals surface area contributed by atoms with Gasteiger partial charge in [-0.1, -0.05) is 0 Å². The number of amides is 1. The number of ether oxygens (including phenoxy) is 2. The summed E-state index contributed by atoms with van der Waals surface area (Å²) in [5, 5.41) is 2.78. The van der Waals surface area contributed by atoms with Crippen LogP contribution in [0.2, 0.25) is 0 Å². The van der Waals surface area contributed by atoms with Gasteiger partial charge in [0.25, 0.3) is 5.91 Å². The summed E-state index contributed by atoms with van der Waals surface area (Å²) in [4.78, 5) is 12.3. The molecular formula is C20H26N2O5S. The van der Waals surface area contributed by atoms with Crippen LogP contribution in [0.1, 0.15) is 20.8 Å². The van der Waals surface area contributed by atoms with Crippen molar-refractivity contribution in [1.29, 1.82) is 0 Å². The van der Waals surface area contributed by atoms with E-state index >= 15 is 0 Å². The lowest BCUT2D eigenvalue weighted by molar-refractivity contribution is -0.122. The summed E-state index contributed by atoms with van der Waals surface area (Å²) in [6, 6.07) is 13.6. The highest BCUT2D eigenvalue weighted by atomic mass is 32.2. The summed E-state index contributed by atoms with van der Waals surface area (Å²) in [5.74, 6) is 0.903. The average molecular weight is 407 g/mol. The van der Waals surface area contributed by atoms with Crippen molar-refractivity contribution in [3.8, 4) is 11.5 Å². The van der Waals surface area contributed by atoms with E-state index in [1.807, 2.05) is 13.8 Å². The van der Waals surface area contributed by atoms with E-state index in [0.29, 0.717) is 17.1 Å². The standard InChI is InChI=1S/C20H26N2O5S/c1-14(2)26-18-10-6-16(7-11-18)21-20(23)15(3)27-19-12-8-17(9-13-19)22(4)28(5,24)25/h6-15H,1-5H3,(H,21,23)/t15-/m1/s1. The smallest absolute Gasteiger partial charge is 0.265 e. The van der Waals surface area contributed by atoms with Crippen LogP contribution in [0.3, 0.4) is 0 Å². The molecule has 1 N–H and O–H groups in total. The third kappa shape index (κ3) is 6.16. The van der Waals surface area contributed by atoms with Gasteiger partial charge in [0.2, 0.25) is 10.0 Å². The summed E-state index contributed by atoms with van der Waals surface area (Å²) in [7, 11) is -1.86. The van der Waals surface area contributed by atoms with Crippen molar-refractivity contribution in [2.75, 3.05) is 22.9 Å². The number of hydrogen-bond acceptors (Lipinski definition) is 5. The zero-order valence-electron chi connectivity index (χ0n) is 16.7. The van der Waals surface area contributed by atoms with Crippen molar-refractivity contribution in [1.82, 2.24) is 0 Å². The number of carbonyl (C=O) groups excluding carboxylic acids is 1. The number of hydrogen-bond donors (Lipinski definition) is 1. The molecule has 0 aliphatic rings. The monoisotopic (exact) mass is 406 g/mol. The van der Waals surface area contributed by atoms with Crippen LogP contribution >= 0.6 is 0 Å². The molecule has 0 fully saturated rings. The van der Waals surface area contributed by atoms with Crippen LogP contribution in [0.5, 0.6) is 11.5 Å². The van der Waals surface area contributed by atoms with E-state index in [2.05, 4.69) is 5.32 Å².